The maximum absolute atomic E-state index is 11.4. The molecule has 1 aromatic rings. The summed E-state index contributed by atoms with van der Waals surface area (Å²) in [5.41, 5.74) is 1.29. The van der Waals surface area contributed by atoms with Gasteiger partial charge in [-0.25, -0.2) is 14.5 Å². The van der Waals surface area contributed by atoms with Gasteiger partial charge in [-0.2, -0.15) is 0 Å². The quantitative estimate of drug-likeness (QED) is 0.342. The lowest BCUT2D eigenvalue weighted by atomic mass is 10.2. The Balaban J connectivity index is 2.23. The summed E-state index contributed by atoms with van der Waals surface area (Å²) >= 11 is 0. The Labute approximate surface area is 111 Å². The molecule has 0 aliphatic carbocycles. The van der Waals surface area contributed by atoms with E-state index >= 15 is 0 Å². The topological polar surface area (TPSA) is 71.1 Å². The average Bonchev–Trinajstić information content (AvgIpc) is 2.39. The van der Waals surface area contributed by atoms with Gasteiger partial charge in [0, 0.05) is 0 Å². The number of carbonyl (C=O) groups is 2. The molecule has 0 aromatic heterocycles. The molecule has 0 unspecified atom stereocenters. The van der Waals surface area contributed by atoms with Gasteiger partial charge in [-0.3, -0.25) is 4.89 Å². The third-order valence-electron chi connectivity index (χ3n) is 2.22. The Morgan fingerprint density at radius 2 is 1.79 bits per heavy atom. The van der Waals surface area contributed by atoms with Crippen molar-refractivity contribution >= 4 is 12.1 Å². The van der Waals surface area contributed by atoms with Crippen molar-refractivity contribution < 1.29 is 29.1 Å². The van der Waals surface area contributed by atoms with E-state index < -0.39 is 12.1 Å². The summed E-state index contributed by atoms with van der Waals surface area (Å²) in [6.45, 7) is 4.07. The fourth-order valence-electron chi connectivity index (χ4n) is 1.14. The molecule has 0 aliphatic rings. The van der Waals surface area contributed by atoms with Crippen LogP contribution in [0.2, 0.25) is 0 Å². The normalized spacial score (nSPS) is 9.79. The minimum Gasteiger partial charge on any atom is -0.432 e. The average molecular weight is 268 g/mol. The van der Waals surface area contributed by atoms with Gasteiger partial charge in [0.1, 0.15) is 0 Å². The first-order chi connectivity index (χ1) is 9.13. The molecule has 104 valence electrons. The second kappa shape index (κ2) is 8.10. The van der Waals surface area contributed by atoms with Gasteiger partial charge in [-0.1, -0.05) is 31.0 Å². The summed E-state index contributed by atoms with van der Waals surface area (Å²) in [6.07, 6.45) is 0.555. The molecule has 0 N–H and O–H groups in total. The van der Waals surface area contributed by atoms with E-state index in [1.165, 1.54) is 0 Å². The molecule has 0 saturated heterocycles. The minimum atomic E-state index is -1.05. The molecule has 0 amide bonds. The molecular formula is C13H16O6. The van der Waals surface area contributed by atoms with Crippen molar-refractivity contribution in [2.24, 2.45) is 0 Å². The number of rotatable bonds is 6. The van der Waals surface area contributed by atoms with Gasteiger partial charge in [0.2, 0.25) is 0 Å². The van der Waals surface area contributed by atoms with Gasteiger partial charge in [-0.15, -0.1) is 0 Å². The SMILES string of the molecule is CCCCOC(=O)OOOC(=O)c1ccc(C)cc1. The zero-order chi connectivity index (χ0) is 14.1. The van der Waals surface area contributed by atoms with Gasteiger partial charge in [0.25, 0.3) is 0 Å². The molecule has 0 saturated carbocycles. The molecule has 0 heterocycles. The van der Waals surface area contributed by atoms with E-state index in [1.807, 2.05) is 13.8 Å². The van der Waals surface area contributed by atoms with E-state index in [9.17, 15) is 9.59 Å². The van der Waals surface area contributed by atoms with E-state index in [0.717, 1.165) is 18.4 Å². The lowest BCUT2D eigenvalue weighted by Gasteiger charge is -2.03. The third-order valence-corrected chi connectivity index (χ3v) is 2.22. The van der Waals surface area contributed by atoms with Crippen molar-refractivity contribution in [1.29, 1.82) is 0 Å². The van der Waals surface area contributed by atoms with E-state index in [2.05, 4.69) is 19.6 Å². The summed E-state index contributed by atoms with van der Waals surface area (Å²) in [7, 11) is 0. The largest absolute Gasteiger partial charge is 0.543 e. The molecule has 0 atom stereocenters. The molecule has 0 bridgehead atoms. The molecule has 6 nitrogen and oxygen atoms in total. The Kier molecular flexibility index (Phi) is 6.38. The predicted octanol–water partition coefficient (Wildman–Crippen LogP) is 2.95. The number of hydrogen-bond donors (Lipinski definition) is 0. The molecular weight excluding hydrogens is 252 g/mol. The zero-order valence-corrected chi connectivity index (χ0v) is 10.9. The molecule has 1 aromatic carbocycles. The van der Waals surface area contributed by atoms with Crippen LogP contribution < -0.4 is 0 Å². The van der Waals surface area contributed by atoms with Crippen molar-refractivity contribution in [2.75, 3.05) is 6.61 Å². The van der Waals surface area contributed by atoms with Crippen LogP contribution in [0, 0.1) is 6.92 Å². The lowest BCUT2D eigenvalue weighted by molar-refractivity contribution is -0.452. The fraction of sp³-hybridized carbons (Fsp3) is 0.385. The first-order valence-corrected chi connectivity index (χ1v) is 5.92. The molecule has 0 radical (unpaired) electrons. The Morgan fingerprint density at radius 3 is 2.42 bits per heavy atom. The van der Waals surface area contributed by atoms with Crippen molar-refractivity contribution in [2.45, 2.75) is 26.7 Å². The Hall–Kier alpha value is -2.08. The molecule has 6 heteroatoms. The highest BCUT2D eigenvalue weighted by atomic mass is 17.5. The summed E-state index contributed by atoms with van der Waals surface area (Å²) in [4.78, 5) is 30.7. The number of ether oxygens (including phenoxy) is 1. The second-order valence-corrected chi connectivity index (χ2v) is 3.84. The van der Waals surface area contributed by atoms with E-state index in [1.54, 1.807) is 24.3 Å². The maximum atomic E-state index is 11.4. The van der Waals surface area contributed by atoms with E-state index in [4.69, 9.17) is 0 Å². The maximum Gasteiger partial charge on any atom is 0.543 e. The van der Waals surface area contributed by atoms with Crippen LogP contribution in [0.25, 0.3) is 0 Å². The highest BCUT2D eigenvalue weighted by Gasteiger charge is 2.11. The Morgan fingerprint density at radius 1 is 1.11 bits per heavy atom. The summed E-state index contributed by atoms with van der Waals surface area (Å²) in [5, 5.41) is 4.05. The molecule has 19 heavy (non-hydrogen) atoms. The molecule has 0 spiro atoms. The number of benzene rings is 1. The van der Waals surface area contributed by atoms with Gasteiger partial charge < -0.3 is 4.74 Å². The molecule has 0 aliphatic heterocycles. The first-order valence-electron chi connectivity index (χ1n) is 5.92. The highest BCUT2D eigenvalue weighted by molar-refractivity contribution is 5.88. The van der Waals surface area contributed by atoms with Crippen molar-refractivity contribution in [3.63, 3.8) is 0 Å². The molecule has 0 fully saturated rings. The molecule has 1 rings (SSSR count). The van der Waals surface area contributed by atoms with E-state index in [0.29, 0.717) is 0 Å². The third kappa shape index (κ3) is 5.87. The van der Waals surface area contributed by atoms with Crippen LogP contribution in [-0.2, 0) is 19.6 Å². The smallest absolute Gasteiger partial charge is 0.432 e. The number of unbranched alkanes of at least 4 members (excludes halogenated alkanes) is 1. The van der Waals surface area contributed by atoms with Crippen LogP contribution in [0.5, 0.6) is 0 Å². The fourth-order valence-corrected chi connectivity index (χ4v) is 1.14. The number of carbonyl (C=O) groups excluding carboxylic acids is 2. The van der Waals surface area contributed by atoms with Crippen molar-refractivity contribution in [3.05, 3.63) is 35.4 Å². The number of hydrogen-bond acceptors (Lipinski definition) is 6. The van der Waals surface area contributed by atoms with Gasteiger partial charge in [0.05, 0.1) is 17.2 Å². The summed E-state index contributed by atoms with van der Waals surface area (Å²) in [6, 6.07) is 6.63. The van der Waals surface area contributed by atoms with Crippen LogP contribution >= 0.6 is 0 Å². The van der Waals surface area contributed by atoms with Gasteiger partial charge >= 0.3 is 12.1 Å². The van der Waals surface area contributed by atoms with Crippen molar-refractivity contribution in [1.82, 2.24) is 0 Å². The Bertz CT molecular complexity index is 412. The summed E-state index contributed by atoms with van der Waals surface area (Å²) < 4.78 is 4.61. The first kappa shape index (κ1) is 15.0. The lowest BCUT2D eigenvalue weighted by Crippen LogP contribution is -2.12. The number of aryl methyl sites for hydroxylation is 1. The monoisotopic (exact) mass is 268 g/mol. The van der Waals surface area contributed by atoms with Gasteiger partial charge in [-0.05, 0) is 25.5 Å². The predicted molar refractivity (Wildman–Crippen MR) is 65.0 cm³/mol. The van der Waals surface area contributed by atoms with Crippen LogP contribution in [0.15, 0.2) is 24.3 Å². The van der Waals surface area contributed by atoms with E-state index in [-0.39, 0.29) is 12.2 Å². The van der Waals surface area contributed by atoms with Crippen LogP contribution in [0.3, 0.4) is 0 Å². The van der Waals surface area contributed by atoms with Crippen LogP contribution in [0.4, 0.5) is 4.79 Å². The zero-order valence-electron chi connectivity index (χ0n) is 10.9. The summed E-state index contributed by atoms with van der Waals surface area (Å²) in [5.74, 6) is -0.763. The van der Waals surface area contributed by atoms with Crippen molar-refractivity contribution in [3.8, 4) is 0 Å². The van der Waals surface area contributed by atoms with Crippen LogP contribution in [-0.4, -0.2) is 18.7 Å². The van der Waals surface area contributed by atoms with Gasteiger partial charge in [0.15, 0.2) is 0 Å². The minimum absolute atomic E-state index is 0.227. The highest BCUT2D eigenvalue weighted by Crippen LogP contribution is 2.05. The standard InChI is InChI=1S/C13H16O6/c1-3-4-9-16-13(15)18-19-17-12(14)11-7-5-10(2)6-8-11/h5-8H,3-4,9H2,1-2H3. The van der Waals surface area contributed by atoms with Crippen LogP contribution in [0.1, 0.15) is 35.7 Å². The second-order valence-electron chi connectivity index (χ2n) is 3.84.